The van der Waals surface area contributed by atoms with Crippen LogP contribution in [0, 0.1) is 0 Å². The van der Waals surface area contributed by atoms with Gasteiger partial charge in [-0.3, -0.25) is 0 Å². The molecule has 0 amide bonds. The number of ether oxygens (including phenoxy) is 4. The monoisotopic (exact) mass is 314 g/mol. The average Bonchev–Trinajstić information content (AvgIpc) is 2.30. The number of hydrogen-bond donors (Lipinski definition) is 1. The van der Waals surface area contributed by atoms with Gasteiger partial charge in [0.05, 0.1) is 46.2 Å². The fraction of sp³-hybridized carbons (Fsp3) is 0.900. The molecule has 17 heavy (non-hydrogen) atoms. The van der Waals surface area contributed by atoms with Crippen molar-refractivity contribution in [2.45, 2.75) is 0 Å². The van der Waals surface area contributed by atoms with E-state index in [0.717, 1.165) is 5.33 Å². The normalized spacial score (nSPS) is 10.6. The molecule has 0 aliphatic heterocycles. The van der Waals surface area contributed by atoms with Crippen LogP contribution in [-0.4, -0.2) is 69.3 Å². The van der Waals surface area contributed by atoms with Crippen LogP contribution in [0.2, 0.25) is 0 Å². The molecule has 0 radical (unpaired) electrons. The molecule has 0 spiro atoms. The molecule has 1 N–H and O–H groups in total. The highest BCUT2D eigenvalue weighted by Crippen LogP contribution is 1.84. The molecule has 0 saturated heterocycles. The summed E-state index contributed by atoms with van der Waals surface area (Å²) >= 11 is 3.25. The van der Waals surface area contributed by atoms with Crippen molar-refractivity contribution in [3.8, 4) is 0 Å². The van der Waals surface area contributed by atoms with Crippen LogP contribution >= 0.6 is 15.9 Å². The van der Waals surface area contributed by atoms with Crippen LogP contribution < -0.4 is 0 Å². The quantitative estimate of drug-likeness (QED) is 0.395. The minimum absolute atomic E-state index is 0.278. The van der Waals surface area contributed by atoms with Crippen molar-refractivity contribution in [2.24, 2.45) is 0 Å². The van der Waals surface area contributed by atoms with Crippen molar-refractivity contribution >= 4 is 21.9 Å². The van der Waals surface area contributed by atoms with E-state index in [2.05, 4.69) is 15.9 Å². The lowest BCUT2D eigenvalue weighted by Gasteiger charge is -2.06. The van der Waals surface area contributed by atoms with Crippen molar-refractivity contribution in [1.29, 1.82) is 0 Å². The number of aliphatic carboxylic acids is 1. The molecule has 0 aliphatic carbocycles. The Morgan fingerprint density at radius 1 is 0.824 bits per heavy atom. The molecule has 0 fully saturated rings. The van der Waals surface area contributed by atoms with E-state index in [1.165, 1.54) is 0 Å². The summed E-state index contributed by atoms with van der Waals surface area (Å²) in [7, 11) is 0. The Balaban J connectivity index is 2.91. The smallest absolute Gasteiger partial charge is 0.329 e. The van der Waals surface area contributed by atoms with Crippen LogP contribution in [0.25, 0.3) is 0 Å². The predicted octanol–water partition coefficient (Wildman–Crippen LogP) is 0.532. The van der Waals surface area contributed by atoms with Gasteiger partial charge in [-0.2, -0.15) is 0 Å². The maximum Gasteiger partial charge on any atom is 0.329 e. The molecule has 0 aromatic rings. The molecular weight excluding hydrogens is 296 g/mol. The summed E-state index contributed by atoms with van der Waals surface area (Å²) < 4.78 is 20.3. The summed E-state index contributed by atoms with van der Waals surface area (Å²) in [5.74, 6) is -0.975. The summed E-state index contributed by atoms with van der Waals surface area (Å²) in [5.41, 5.74) is 0. The third-order valence-corrected chi connectivity index (χ3v) is 1.89. The van der Waals surface area contributed by atoms with Crippen LogP contribution in [0.3, 0.4) is 0 Å². The summed E-state index contributed by atoms with van der Waals surface area (Å²) in [6.45, 7) is 3.13. The second kappa shape index (κ2) is 13.9. The number of alkyl halides is 1. The standard InChI is InChI=1S/C10H19BrO6/c11-1-2-14-3-4-15-5-6-16-7-8-17-9-10(12)13/h1-9H2,(H,12,13). The van der Waals surface area contributed by atoms with E-state index in [1.54, 1.807) is 0 Å². The van der Waals surface area contributed by atoms with Crippen LogP contribution in [0.15, 0.2) is 0 Å². The lowest BCUT2D eigenvalue weighted by molar-refractivity contribution is -0.142. The average molecular weight is 315 g/mol. The third kappa shape index (κ3) is 15.8. The first-order chi connectivity index (χ1) is 8.27. The van der Waals surface area contributed by atoms with Crippen molar-refractivity contribution < 1.29 is 28.8 Å². The Labute approximate surface area is 109 Å². The molecule has 0 heterocycles. The maximum absolute atomic E-state index is 10.1. The number of rotatable bonds is 13. The molecule has 0 rings (SSSR count). The van der Waals surface area contributed by atoms with E-state index in [9.17, 15) is 4.79 Å². The SMILES string of the molecule is O=C(O)COCCOCCOCCOCCBr. The fourth-order valence-electron chi connectivity index (χ4n) is 0.874. The molecule has 0 atom stereocenters. The Hall–Kier alpha value is -0.210. The highest BCUT2D eigenvalue weighted by Gasteiger charge is 1.95. The second-order valence-corrected chi connectivity index (χ2v) is 3.77. The predicted molar refractivity (Wildman–Crippen MR) is 64.7 cm³/mol. The molecular formula is C10H19BrO6. The first-order valence-electron chi connectivity index (χ1n) is 5.36. The van der Waals surface area contributed by atoms with Gasteiger partial charge >= 0.3 is 5.97 Å². The van der Waals surface area contributed by atoms with E-state index < -0.39 is 5.97 Å². The van der Waals surface area contributed by atoms with Crippen molar-refractivity contribution in [2.75, 3.05) is 58.2 Å². The van der Waals surface area contributed by atoms with Crippen LogP contribution in [0.4, 0.5) is 0 Å². The molecule has 6 nitrogen and oxygen atoms in total. The van der Waals surface area contributed by atoms with E-state index in [0.29, 0.717) is 39.6 Å². The molecule has 102 valence electrons. The zero-order valence-corrected chi connectivity index (χ0v) is 11.3. The number of halogens is 1. The Kier molecular flexibility index (Phi) is 13.7. The van der Waals surface area contributed by atoms with Gasteiger partial charge in [0.15, 0.2) is 0 Å². The number of carboxylic acids is 1. The van der Waals surface area contributed by atoms with Crippen molar-refractivity contribution in [1.82, 2.24) is 0 Å². The van der Waals surface area contributed by atoms with E-state index in [4.69, 9.17) is 24.1 Å². The van der Waals surface area contributed by atoms with Crippen LogP contribution in [0.5, 0.6) is 0 Å². The lowest BCUT2D eigenvalue weighted by atomic mass is 10.7. The minimum atomic E-state index is -0.975. The molecule has 0 aliphatic rings. The topological polar surface area (TPSA) is 74.2 Å². The van der Waals surface area contributed by atoms with E-state index in [1.807, 2.05) is 0 Å². The fourth-order valence-corrected chi connectivity index (χ4v) is 1.10. The zero-order chi connectivity index (χ0) is 12.8. The number of carboxylic acid groups (broad SMARTS) is 1. The first-order valence-corrected chi connectivity index (χ1v) is 6.48. The summed E-state index contributed by atoms with van der Waals surface area (Å²) in [6, 6.07) is 0. The van der Waals surface area contributed by atoms with Crippen molar-refractivity contribution in [3.05, 3.63) is 0 Å². The van der Waals surface area contributed by atoms with Crippen molar-refractivity contribution in [3.63, 3.8) is 0 Å². The molecule has 0 unspecified atom stereocenters. The van der Waals surface area contributed by atoms with E-state index >= 15 is 0 Å². The minimum Gasteiger partial charge on any atom is -0.480 e. The summed E-state index contributed by atoms with van der Waals surface area (Å²) in [4.78, 5) is 10.1. The molecule has 7 heteroatoms. The second-order valence-electron chi connectivity index (χ2n) is 2.97. The number of hydrogen-bond acceptors (Lipinski definition) is 5. The highest BCUT2D eigenvalue weighted by molar-refractivity contribution is 9.09. The van der Waals surface area contributed by atoms with Gasteiger partial charge in [0.2, 0.25) is 0 Å². The van der Waals surface area contributed by atoms with Gasteiger partial charge in [-0.05, 0) is 0 Å². The van der Waals surface area contributed by atoms with Gasteiger partial charge in [0.1, 0.15) is 6.61 Å². The molecule has 0 bridgehead atoms. The van der Waals surface area contributed by atoms with Gasteiger partial charge in [0, 0.05) is 5.33 Å². The molecule has 0 aromatic carbocycles. The molecule has 0 aromatic heterocycles. The first kappa shape index (κ1) is 16.8. The Bertz CT molecular complexity index is 178. The van der Waals surface area contributed by atoms with E-state index in [-0.39, 0.29) is 13.2 Å². The summed E-state index contributed by atoms with van der Waals surface area (Å²) in [5, 5.41) is 9.10. The van der Waals surface area contributed by atoms with Gasteiger partial charge in [-0.15, -0.1) is 0 Å². The zero-order valence-electron chi connectivity index (χ0n) is 9.73. The van der Waals surface area contributed by atoms with Gasteiger partial charge in [-0.1, -0.05) is 15.9 Å². The van der Waals surface area contributed by atoms with Crippen LogP contribution in [-0.2, 0) is 23.7 Å². The number of carbonyl (C=O) groups is 1. The van der Waals surface area contributed by atoms with Crippen LogP contribution in [0.1, 0.15) is 0 Å². The van der Waals surface area contributed by atoms with Gasteiger partial charge in [-0.25, -0.2) is 4.79 Å². The lowest BCUT2D eigenvalue weighted by Crippen LogP contribution is -2.14. The third-order valence-electron chi connectivity index (χ3n) is 1.56. The van der Waals surface area contributed by atoms with Gasteiger partial charge < -0.3 is 24.1 Å². The Morgan fingerprint density at radius 3 is 1.65 bits per heavy atom. The van der Waals surface area contributed by atoms with Gasteiger partial charge in [0.25, 0.3) is 0 Å². The molecule has 0 saturated carbocycles. The Morgan fingerprint density at radius 2 is 1.24 bits per heavy atom. The maximum atomic E-state index is 10.1. The summed E-state index contributed by atoms with van der Waals surface area (Å²) in [6.07, 6.45) is 0. The highest BCUT2D eigenvalue weighted by atomic mass is 79.9. The largest absolute Gasteiger partial charge is 0.480 e.